The third kappa shape index (κ3) is 4.14. The van der Waals surface area contributed by atoms with Crippen molar-refractivity contribution in [1.29, 1.82) is 0 Å². The Morgan fingerprint density at radius 2 is 1.73 bits per heavy atom. The zero-order valence-corrected chi connectivity index (χ0v) is 16.6. The van der Waals surface area contributed by atoms with Gasteiger partial charge in [-0.1, -0.05) is 30.3 Å². The number of nitrogens with two attached hydrogens (primary N) is 1. The minimum absolute atomic E-state index is 0.00809. The molecule has 1 heterocycles. The molecule has 5 nitrogen and oxygen atoms in total. The zero-order chi connectivity index (χ0) is 22.3. The molecule has 3 rings (SSSR count). The molecule has 0 aliphatic heterocycles. The fourth-order valence-corrected chi connectivity index (χ4v) is 3.55. The number of primary sulfonamides is 1. The summed E-state index contributed by atoms with van der Waals surface area (Å²) in [5.41, 5.74) is -0.959. The van der Waals surface area contributed by atoms with E-state index in [1.165, 1.54) is 49.4 Å². The summed E-state index contributed by atoms with van der Waals surface area (Å²) in [7, 11) is -3.98. The van der Waals surface area contributed by atoms with E-state index in [4.69, 9.17) is 5.14 Å². The number of alkyl halides is 3. The van der Waals surface area contributed by atoms with Crippen molar-refractivity contribution in [3.63, 3.8) is 0 Å². The minimum atomic E-state index is -4.79. The maximum absolute atomic E-state index is 14.2. The molecule has 0 spiro atoms. The molecule has 0 saturated heterocycles. The van der Waals surface area contributed by atoms with Crippen LogP contribution in [0.5, 0.6) is 0 Å². The normalized spacial score (nSPS) is 12.2. The molecule has 0 unspecified atom stereocenters. The number of halogens is 4. The Bertz CT molecular complexity index is 1210. The van der Waals surface area contributed by atoms with Crippen molar-refractivity contribution in [2.24, 2.45) is 5.14 Å². The zero-order valence-electron chi connectivity index (χ0n) is 15.7. The fraction of sp³-hybridized carbons (Fsp3) is 0.150. The fourth-order valence-electron chi connectivity index (χ4n) is 3.03. The van der Waals surface area contributed by atoms with E-state index in [2.05, 4.69) is 11.7 Å². The smallest absolute Gasteiger partial charge is 0.255 e. The van der Waals surface area contributed by atoms with Crippen LogP contribution in [0, 0.1) is 12.7 Å². The first-order chi connectivity index (χ1) is 13.9. The maximum Gasteiger partial charge on any atom is 0.433 e. The van der Waals surface area contributed by atoms with Crippen LogP contribution < -0.4 is 5.14 Å². The minimum Gasteiger partial charge on any atom is -0.255 e. The summed E-state index contributed by atoms with van der Waals surface area (Å²) in [4.78, 5) is -0.198. The van der Waals surface area contributed by atoms with Crippen molar-refractivity contribution in [2.75, 3.05) is 0 Å². The number of aryl methyl sites for hydroxylation is 1. The van der Waals surface area contributed by atoms with Crippen LogP contribution in [0.1, 0.15) is 11.3 Å². The standard InChI is InChI=1S/C20H17F4N3O2S/c1-3-10-27-19(20(22,23)24)17(14-5-4-12(2)16(21)11-14)18(26-27)13-6-8-15(9-7-13)30(25,28)29/h3-9,11H,1,10H2,2H3,(H2,25,28,29). The predicted molar refractivity (Wildman–Crippen MR) is 104 cm³/mol. The van der Waals surface area contributed by atoms with E-state index in [9.17, 15) is 26.0 Å². The second kappa shape index (κ2) is 7.69. The maximum atomic E-state index is 14.2. The van der Waals surface area contributed by atoms with Gasteiger partial charge in [0.05, 0.1) is 11.4 Å². The van der Waals surface area contributed by atoms with E-state index in [-0.39, 0.29) is 39.4 Å². The topological polar surface area (TPSA) is 78.0 Å². The molecule has 3 aromatic rings. The van der Waals surface area contributed by atoms with Crippen LogP contribution in [0.3, 0.4) is 0 Å². The Hall–Kier alpha value is -2.98. The Balaban J connectivity index is 2.34. The van der Waals surface area contributed by atoms with Crippen LogP contribution >= 0.6 is 0 Å². The quantitative estimate of drug-likeness (QED) is 0.469. The lowest BCUT2D eigenvalue weighted by atomic mass is 9.97. The van der Waals surface area contributed by atoms with Crippen LogP contribution in [0.15, 0.2) is 60.0 Å². The Labute approximate surface area is 170 Å². The molecule has 0 amide bonds. The summed E-state index contributed by atoms with van der Waals surface area (Å²) in [6, 6.07) is 8.72. The van der Waals surface area contributed by atoms with Gasteiger partial charge in [-0.3, -0.25) is 4.68 Å². The number of aromatic nitrogens is 2. The lowest BCUT2D eigenvalue weighted by Gasteiger charge is -2.13. The summed E-state index contributed by atoms with van der Waals surface area (Å²) in [5, 5.41) is 9.15. The number of nitrogens with zero attached hydrogens (tertiary/aromatic N) is 2. The second-order valence-electron chi connectivity index (χ2n) is 6.57. The van der Waals surface area contributed by atoms with Gasteiger partial charge in [-0.05, 0) is 36.2 Å². The summed E-state index contributed by atoms with van der Waals surface area (Å²) in [6.07, 6.45) is -3.53. The Morgan fingerprint density at radius 1 is 1.13 bits per heavy atom. The highest BCUT2D eigenvalue weighted by Crippen LogP contribution is 2.43. The molecule has 0 aliphatic rings. The summed E-state index contributed by atoms with van der Waals surface area (Å²) < 4.78 is 79.7. The number of allylic oxidation sites excluding steroid dienone is 1. The van der Waals surface area contributed by atoms with Crippen molar-refractivity contribution in [1.82, 2.24) is 9.78 Å². The van der Waals surface area contributed by atoms with Gasteiger partial charge in [-0.25, -0.2) is 17.9 Å². The predicted octanol–water partition coefficient (Wildman–Crippen LogP) is 4.52. The van der Waals surface area contributed by atoms with Crippen LogP contribution in [0.2, 0.25) is 0 Å². The van der Waals surface area contributed by atoms with Crippen molar-refractivity contribution in [3.05, 3.63) is 72.2 Å². The monoisotopic (exact) mass is 439 g/mol. The largest absolute Gasteiger partial charge is 0.433 e. The van der Waals surface area contributed by atoms with E-state index in [1.807, 2.05) is 0 Å². The van der Waals surface area contributed by atoms with Crippen LogP contribution in [-0.4, -0.2) is 18.2 Å². The summed E-state index contributed by atoms with van der Waals surface area (Å²) >= 11 is 0. The molecule has 0 atom stereocenters. The lowest BCUT2D eigenvalue weighted by Crippen LogP contribution is -2.15. The first-order valence-electron chi connectivity index (χ1n) is 8.62. The Kier molecular flexibility index (Phi) is 5.57. The number of benzene rings is 2. The summed E-state index contributed by atoms with van der Waals surface area (Å²) in [5.74, 6) is -0.660. The van der Waals surface area contributed by atoms with E-state index in [1.54, 1.807) is 0 Å². The molecule has 2 N–H and O–H groups in total. The van der Waals surface area contributed by atoms with E-state index < -0.39 is 27.7 Å². The van der Waals surface area contributed by atoms with Gasteiger partial charge in [0.1, 0.15) is 11.5 Å². The first-order valence-corrected chi connectivity index (χ1v) is 10.2. The molecule has 2 aromatic carbocycles. The average molecular weight is 439 g/mol. The lowest BCUT2D eigenvalue weighted by molar-refractivity contribution is -0.143. The Morgan fingerprint density at radius 3 is 2.23 bits per heavy atom. The molecule has 1 aromatic heterocycles. The molecule has 0 bridgehead atoms. The van der Waals surface area contributed by atoms with Crippen LogP contribution in [-0.2, 0) is 22.7 Å². The molecular formula is C20H17F4N3O2S. The second-order valence-corrected chi connectivity index (χ2v) is 8.14. The van der Waals surface area contributed by atoms with Gasteiger partial charge in [0.15, 0.2) is 5.69 Å². The van der Waals surface area contributed by atoms with Gasteiger partial charge in [-0.2, -0.15) is 18.3 Å². The van der Waals surface area contributed by atoms with Crippen molar-refractivity contribution < 1.29 is 26.0 Å². The van der Waals surface area contributed by atoms with E-state index in [0.29, 0.717) is 0 Å². The molecule has 10 heteroatoms. The molecule has 0 radical (unpaired) electrons. The average Bonchev–Trinajstić information content (AvgIpc) is 3.03. The summed E-state index contributed by atoms with van der Waals surface area (Å²) in [6.45, 7) is 4.73. The first kappa shape index (κ1) is 21.7. The number of rotatable bonds is 5. The third-order valence-corrected chi connectivity index (χ3v) is 5.37. The molecule has 0 fully saturated rings. The molecule has 0 aliphatic carbocycles. The SMILES string of the molecule is C=CCn1nc(-c2ccc(S(N)(=O)=O)cc2)c(-c2ccc(C)c(F)c2)c1C(F)(F)F. The molecule has 30 heavy (non-hydrogen) atoms. The highest BCUT2D eigenvalue weighted by Gasteiger charge is 2.40. The van der Waals surface area contributed by atoms with Crippen LogP contribution in [0.25, 0.3) is 22.4 Å². The van der Waals surface area contributed by atoms with E-state index >= 15 is 0 Å². The van der Waals surface area contributed by atoms with Gasteiger partial charge in [0.25, 0.3) is 0 Å². The highest BCUT2D eigenvalue weighted by molar-refractivity contribution is 7.89. The molecule has 158 valence electrons. The van der Waals surface area contributed by atoms with Gasteiger partial charge >= 0.3 is 6.18 Å². The number of hydrogen-bond donors (Lipinski definition) is 1. The third-order valence-electron chi connectivity index (χ3n) is 4.44. The van der Waals surface area contributed by atoms with Crippen LogP contribution in [0.4, 0.5) is 17.6 Å². The van der Waals surface area contributed by atoms with Gasteiger partial charge in [-0.15, -0.1) is 6.58 Å². The molecular weight excluding hydrogens is 422 g/mol. The van der Waals surface area contributed by atoms with Gasteiger partial charge < -0.3 is 0 Å². The van der Waals surface area contributed by atoms with E-state index in [0.717, 1.165) is 10.7 Å². The van der Waals surface area contributed by atoms with Crippen molar-refractivity contribution >= 4 is 10.0 Å². The van der Waals surface area contributed by atoms with Crippen molar-refractivity contribution in [3.8, 4) is 22.4 Å². The highest BCUT2D eigenvalue weighted by atomic mass is 32.2. The van der Waals surface area contributed by atoms with Crippen molar-refractivity contribution in [2.45, 2.75) is 24.5 Å². The van der Waals surface area contributed by atoms with Gasteiger partial charge in [0, 0.05) is 11.1 Å². The molecule has 0 saturated carbocycles. The number of sulfonamides is 1. The number of hydrogen-bond acceptors (Lipinski definition) is 3. The van der Waals surface area contributed by atoms with Gasteiger partial charge in [0.2, 0.25) is 10.0 Å².